The Kier molecular flexibility index (Phi) is 10.0. The number of hydrogen-bond acceptors (Lipinski definition) is 1. The molecule has 0 fully saturated rings. The Morgan fingerprint density at radius 3 is 2.29 bits per heavy atom. The van der Waals surface area contributed by atoms with Crippen LogP contribution in [0.4, 0.5) is 0 Å². The van der Waals surface area contributed by atoms with Crippen LogP contribution < -0.4 is 0 Å². The van der Waals surface area contributed by atoms with Crippen LogP contribution in [0.2, 0.25) is 0 Å². The van der Waals surface area contributed by atoms with Gasteiger partial charge in [0.25, 0.3) is 0 Å². The summed E-state index contributed by atoms with van der Waals surface area (Å²) >= 11 is 0. The fourth-order valence-corrected chi connectivity index (χ4v) is 1.45. The van der Waals surface area contributed by atoms with Crippen LogP contribution in [0.25, 0.3) is 0 Å². The largest absolute Gasteiger partial charge is 0.298 e. The lowest BCUT2D eigenvalue weighted by molar-refractivity contribution is -0.105. The summed E-state index contributed by atoms with van der Waals surface area (Å²) in [5, 5.41) is 0. The number of aldehydes is 1. The maximum Gasteiger partial charge on any atom is 0.145 e. The second kappa shape index (κ2) is 10.5. The van der Waals surface area contributed by atoms with Gasteiger partial charge in [0.1, 0.15) is 6.29 Å². The molecule has 1 nitrogen and oxygen atoms in total. The molecule has 0 saturated heterocycles. The van der Waals surface area contributed by atoms with E-state index >= 15 is 0 Å². The summed E-state index contributed by atoms with van der Waals surface area (Å²) in [5.41, 5.74) is 1.00. The van der Waals surface area contributed by atoms with Gasteiger partial charge in [-0.15, -0.1) is 0 Å². The highest BCUT2D eigenvalue weighted by molar-refractivity contribution is 5.72. The third-order valence-corrected chi connectivity index (χ3v) is 2.43. The maximum absolute atomic E-state index is 10.7. The molecule has 0 aromatic carbocycles. The van der Waals surface area contributed by atoms with Gasteiger partial charge in [-0.25, -0.2) is 0 Å². The lowest BCUT2D eigenvalue weighted by Gasteiger charge is -1.99. The molecule has 0 amide bonds. The van der Waals surface area contributed by atoms with Crippen molar-refractivity contribution < 1.29 is 4.79 Å². The summed E-state index contributed by atoms with van der Waals surface area (Å²) in [5.74, 6) is 0. The van der Waals surface area contributed by atoms with Crippen LogP contribution in [0.1, 0.15) is 65.2 Å². The molecule has 0 aliphatic heterocycles. The van der Waals surface area contributed by atoms with E-state index in [9.17, 15) is 4.79 Å². The molecule has 1 heteroatoms. The summed E-state index contributed by atoms with van der Waals surface area (Å²) in [6, 6.07) is 0. The Hall–Kier alpha value is -0.590. The number of carbonyl (C=O) groups excluding carboxylic acids is 1. The molecule has 0 aliphatic carbocycles. The first-order chi connectivity index (χ1) is 6.85. The molecule has 0 spiro atoms. The van der Waals surface area contributed by atoms with Crippen LogP contribution in [-0.2, 0) is 4.79 Å². The summed E-state index contributed by atoms with van der Waals surface area (Å²) in [6.45, 7) is 4.37. The fraction of sp³-hybridized carbons (Fsp3) is 0.769. The second-order valence-corrected chi connectivity index (χ2v) is 3.85. The minimum Gasteiger partial charge on any atom is -0.298 e. The van der Waals surface area contributed by atoms with Crippen LogP contribution in [0.15, 0.2) is 11.6 Å². The SMILES string of the molecule is CCCCCCC=C(C=O)CCCC. The number of hydrogen-bond donors (Lipinski definition) is 0. The summed E-state index contributed by atoms with van der Waals surface area (Å²) in [6.07, 6.45) is 12.6. The van der Waals surface area contributed by atoms with Crippen molar-refractivity contribution in [1.29, 1.82) is 0 Å². The highest BCUT2D eigenvalue weighted by atomic mass is 16.1. The van der Waals surface area contributed by atoms with Crippen molar-refractivity contribution in [3.63, 3.8) is 0 Å². The van der Waals surface area contributed by atoms with Crippen molar-refractivity contribution in [2.75, 3.05) is 0 Å². The first kappa shape index (κ1) is 13.4. The average Bonchev–Trinajstić information content (AvgIpc) is 2.22. The minimum absolute atomic E-state index is 0.966. The normalized spacial score (nSPS) is 11.7. The van der Waals surface area contributed by atoms with Crippen molar-refractivity contribution in [3.8, 4) is 0 Å². The molecule has 0 unspecified atom stereocenters. The van der Waals surface area contributed by atoms with Gasteiger partial charge >= 0.3 is 0 Å². The topological polar surface area (TPSA) is 17.1 Å². The van der Waals surface area contributed by atoms with Gasteiger partial charge in [0.15, 0.2) is 0 Å². The van der Waals surface area contributed by atoms with Crippen LogP contribution in [-0.4, -0.2) is 6.29 Å². The summed E-state index contributed by atoms with van der Waals surface area (Å²) < 4.78 is 0. The quantitative estimate of drug-likeness (QED) is 0.306. The Bertz CT molecular complexity index is 159. The maximum atomic E-state index is 10.7. The zero-order valence-corrected chi connectivity index (χ0v) is 9.72. The molecule has 0 heterocycles. The third-order valence-electron chi connectivity index (χ3n) is 2.43. The van der Waals surface area contributed by atoms with E-state index in [0.717, 1.165) is 31.1 Å². The zero-order chi connectivity index (χ0) is 10.6. The molecule has 14 heavy (non-hydrogen) atoms. The van der Waals surface area contributed by atoms with E-state index in [1.165, 1.54) is 32.1 Å². The number of unbranched alkanes of at least 4 members (excludes halogenated alkanes) is 5. The van der Waals surface area contributed by atoms with Crippen LogP contribution >= 0.6 is 0 Å². The second-order valence-electron chi connectivity index (χ2n) is 3.85. The van der Waals surface area contributed by atoms with Gasteiger partial charge in [-0.2, -0.15) is 0 Å². The summed E-state index contributed by atoms with van der Waals surface area (Å²) in [7, 11) is 0. The van der Waals surface area contributed by atoms with Crippen LogP contribution in [0.3, 0.4) is 0 Å². The molecule has 0 rings (SSSR count). The lowest BCUT2D eigenvalue weighted by Crippen LogP contribution is -1.86. The molecule has 82 valence electrons. The molecule has 0 radical (unpaired) electrons. The summed E-state index contributed by atoms with van der Waals surface area (Å²) in [4.78, 5) is 10.7. The number of carbonyl (C=O) groups is 1. The first-order valence-corrected chi connectivity index (χ1v) is 5.99. The fourth-order valence-electron chi connectivity index (χ4n) is 1.45. The van der Waals surface area contributed by atoms with Gasteiger partial charge in [0, 0.05) is 0 Å². The van der Waals surface area contributed by atoms with Gasteiger partial charge in [-0.3, -0.25) is 4.79 Å². The molecule has 0 aliphatic rings. The predicted molar refractivity (Wildman–Crippen MR) is 62.4 cm³/mol. The molecular weight excluding hydrogens is 172 g/mol. The molecular formula is C13H24O. The lowest BCUT2D eigenvalue weighted by atomic mass is 10.1. The van der Waals surface area contributed by atoms with E-state index in [0.29, 0.717) is 0 Å². The van der Waals surface area contributed by atoms with E-state index in [4.69, 9.17) is 0 Å². The van der Waals surface area contributed by atoms with E-state index in [-0.39, 0.29) is 0 Å². The van der Waals surface area contributed by atoms with Crippen LogP contribution in [0.5, 0.6) is 0 Å². The molecule has 0 N–H and O–H groups in total. The van der Waals surface area contributed by atoms with E-state index < -0.39 is 0 Å². The highest BCUT2D eigenvalue weighted by Gasteiger charge is 1.94. The van der Waals surface area contributed by atoms with Crippen molar-refractivity contribution in [2.45, 2.75) is 65.2 Å². The van der Waals surface area contributed by atoms with E-state index in [1.807, 2.05) is 0 Å². The standard InChI is InChI=1S/C13H24O/c1-3-5-7-8-9-11-13(12-14)10-6-4-2/h11-12H,3-10H2,1-2H3. The number of allylic oxidation sites excluding steroid dienone is 2. The minimum atomic E-state index is 0.966. The van der Waals surface area contributed by atoms with Crippen molar-refractivity contribution in [2.24, 2.45) is 0 Å². The van der Waals surface area contributed by atoms with Gasteiger partial charge in [-0.05, 0) is 31.3 Å². The van der Waals surface area contributed by atoms with Gasteiger partial charge in [0.05, 0.1) is 0 Å². The van der Waals surface area contributed by atoms with Crippen molar-refractivity contribution in [3.05, 3.63) is 11.6 Å². The molecule has 0 aromatic rings. The molecule has 0 saturated carbocycles. The van der Waals surface area contributed by atoms with E-state index in [1.54, 1.807) is 0 Å². The Labute approximate surface area is 88.6 Å². The van der Waals surface area contributed by atoms with Crippen molar-refractivity contribution in [1.82, 2.24) is 0 Å². The predicted octanol–water partition coefficient (Wildman–Crippen LogP) is 4.27. The average molecular weight is 196 g/mol. The Morgan fingerprint density at radius 1 is 1.00 bits per heavy atom. The smallest absolute Gasteiger partial charge is 0.145 e. The van der Waals surface area contributed by atoms with Crippen molar-refractivity contribution >= 4 is 6.29 Å². The number of rotatable bonds is 9. The zero-order valence-electron chi connectivity index (χ0n) is 9.72. The molecule has 0 bridgehead atoms. The molecule has 0 atom stereocenters. The monoisotopic (exact) mass is 196 g/mol. The Balaban J connectivity index is 3.53. The highest BCUT2D eigenvalue weighted by Crippen LogP contribution is 2.09. The van der Waals surface area contributed by atoms with Gasteiger partial charge < -0.3 is 0 Å². The van der Waals surface area contributed by atoms with Gasteiger partial charge in [-0.1, -0.05) is 45.6 Å². The Morgan fingerprint density at radius 2 is 1.71 bits per heavy atom. The van der Waals surface area contributed by atoms with Gasteiger partial charge in [0.2, 0.25) is 0 Å². The van der Waals surface area contributed by atoms with E-state index in [2.05, 4.69) is 19.9 Å². The third kappa shape index (κ3) is 8.03. The first-order valence-electron chi connectivity index (χ1n) is 5.99. The van der Waals surface area contributed by atoms with Crippen LogP contribution in [0, 0.1) is 0 Å². The molecule has 0 aromatic heterocycles.